The lowest BCUT2D eigenvalue weighted by Gasteiger charge is -2.17. The zero-order chi connectivity index (χ0) is 19.4. The first-order valence-corrected chi connectivity index (χ1v) is 10.4. The summed E-state index contributed by atoms with van der Waals surface area (Å²) in [6, 6.07) is 7.94. The molecule has 2 heterocycles. The molecule has 0 spiro atoms. The lowest BCUT2D eigenvalue weighted by molar-refractivity contribution is -0.122. The molecule has 7 heteroatoms. The SMILES string of the molecule is CCC[C@H](C)c1nnc(NC(=O)[C@@H]2CC(=O)N(c3ccc(CC)cc3)C2)s1. The summed E-state index contributed by atoms with van der Waals surface area (Å²) >= 11 is 1.42. The van der Waals surface area contributed by atoms with Crippen molar-refractivity contribution in [2.75, 3.05) is 16.8 Å². The topological polar surface area (TPSA) is 75.2 Å². The van der Waals surface area contributed by atoms with Crippen LogP contribution in [-0.4, -0.2) is 28.6 Å². The summed E-state index contributed by atoms with van der Waals surface area (Å²) in [7, 11) is 0. The van der Waals surface area contributed by atoms with E-state index in [1.54, 1.807) is 4.90 Å². The molecule has 144 valence electrons. The molecule has 1 aromatic heterocycles. The van der Waals surface area contributed by atoms with E-state index in [1.165, 1.54) is 16.9 Å². The molecular formula is C20H26N4O2S. The van der Waals surface area contributed by atoms with Crippen molar-refractivity contribution in [3.8, 4) is 0 Å². The molecule has 2 atom stereocenters. The number of aryl methyl sites for hydroxylation is 1. The second-order valence-electron chi connectivity index (χ2n) is 7.05. The van der Waals surface area contributed by atoms with Gasteiger partial charge in [-0.15, -0.1) is 10.2 Å². The van der Waals surface area contributed by atoms with Gasteiger partial charge in [0.15, 0.2) is 0 Å². The Balaban J connectivity index is 1.62. The van der Waals surface area contributed by atoms with Crippen LogP contribution in [0.3, 0.4) is 0 Å². The Labute approximate surface area is 164 Å². The molecule has 0 aliphatic carbocycles. The van der Waals surface area contributed by atoms with Crippen LogP contribution in [0.15, 0.2) is 24.3 Å². The molecule has 27 heavy (non-hydrogen) atoms. The first-order chi connectivity index (χ1) is 13.0. The van der Waals surface area contributed by atoms with Crippen LogP contribution < -0.4 is 10.2 Å². The van der Waals surface area contributed by atoms with Crippen molar-refractivity contribution in [2.24, 2.45) is 5.92 Å². The lowest BCUT2D eigenvalue weighted by Crippen LogP contribution is -2.28. The number of amides is 2. The second-order valence-corrected chi connectivity index (χ2v) is 8.06. The average molecular weight is 387 g/mol. The van der Waals surface area contributed by atoms with Gasteiger partial charge in [-0.05, 0) is 30.5 Å². The van der Waals surface area contributed by atoms with E-state index in [9.17, 15) is 9.59 Å². The van der Waals surface area contributed by atoms with Crippen molar-refractivity contribution in [3.05, 3.63) is 34.8 Å². The minimum absolute atomic E-state index is 0.0195. The van der Waals surface area contributed by atoms with Gasteiger partial charge in [-0.2, -0.15) is 0 Å². The Bertz CT molecular complexity index is 803. The number of carbonyl (C=O) groups is 2. The van der Waals surface area contributed by atoms with Crippen molar-refractivity contribution in [3.63, 3.8) is 0 Å². The highest BCUT2D eigenvalue weighted by Gasteiger charge is 2.35. The number of hydrogen-bond donors (Lipinski definition) is 1. The Kier molecular flexibility index (Phi) is 6.21. The number of aromatic nitrogens is 2. The number of rotatable bonds is 7. The van der Waals surface area contributed by atoms with Gasteiger partial charge in [0.2, 0.25) is 16.9 Å². The zero-order valence-electron chi connectivity index (χ0n) is 16.1. The molecule has 6 nitrogen and oxygen atoms in total. The van der Waals surface area contributed by atoms with Gasteiger partial charge in [-0.25, -0.2) is 0 Å². The fourth-order valence-corrected chi connectivity index (χ4v) is 4.12. The summed E-state index contributed by atoms with van der Waals surface area (Å²) in [6.45, 7) is 6.75. The van der Waals surface area contributed by atoms with Crippen LogP contribution in [0.2, 0.25) is 0 Å². The van der Waals surface area contributed by atoms with Gasteiger partial charge < -0.3 is 10.2 Å². The number of benzene rings is 1. The van der Waals surface area contributed by atoms with Crippen LogP contribution in [0.4, 0.5) is 10.8 Å². The summed E-state index contributed by atoms with van der Waals surface area (Å²) in [4.78, 5) is 26.7. The maximum absolute atomic E-state index is 12.6. The molecule has 1 aromatic carbocycles. The molecule has 1 N–H and O–H groups in total. The van der Waals surface area contributed by atoms with Gasteiger partial charge in [0.1, 0.15) is 5.01 Å². The van der Waals surface area contributed by atoms with Crippen LogP contribution in [0.1, 0.15) is 56.5 Å². The van der Waals surface area contributed by atoms with Gasteiger partial charge in [0, 0.05) is 24.6 Å². The molecule has 1 fully saturated rings. The fourth-order valence-electron chi connectivity index (χ4n) is 3.29. The summed E-state index contributed by atoms with van der Waals surface area (Å²) in [5, 5.41) is 12.6. The maximum Gasteiger partial charge on any atom is 0.231 e. The van der Waals surface area contributed by atoms with Gasteiger partial charge in [0.25, 0.3) is 0 Å². The molecule has 2 amide bonds. The summed E-state index contributed by atoms with van der Waals surface area (Å²) in [5.74, 6) is -0.215. The van der Waals surface area contributed by atoms with Gasteiger partial charge in [-0.1, -0.05) is 50.7 Å². The first-order valence-electron chi connectivity index (χ1n) is 9.55. The van der Waals surface area contributed by atoms with Gasteiger partial charge >= 0.3 is 0 Å². The molecule has 3 rings (SSSR count). The van der Waals surface area contributed by atoms with Crippen LogP contribution >= 0.6 is 11.3 Å². The smallest absolute Gasteiger partial charge is 0.231 e. The highest BCUT2D eigenvalue weighted by atomic mass is 32.1. The summed E-state index contributed by atoms with van der Waals surface area (Å²) < 4.78 is 0. The Hall–Kier alpha value is -2.28. The highest BCUT2D eigenvalue weighted by molar-refractivity contribution is 7.15. The van der Waals surface area contributed by atoms with Crippen LogP contribution in [0, 0.1) is 5.92 Å². The first kappa shape index (κ1) is 19.5. The molecular weight excluding hydrogens is 360 g/mol. The summed E-state index contributed by atoms with van der Waals surface area (Å²) in [5.41, 5.74) is 2.07. The van der Waals surface area contributed by atoms with Crippen molar-refractivity contribution in [1.29, 1.82) is 0 Å². The second kappa shape index (κ2) is 8.61. The van der Waals surface area contributed by atoms with E-state index < -0.39 is 0 Å². The monoisotopic (exact) mass is 386 g/mol. The van der Waals surface area contributed by atoms with E-state index in [4.69, 9.17) is 0 Å². The Morgan fingerprint density at radius 3 is 2.70 bits per heavy atom. The third kappa shape index (κ3) is 4.53. The van der Waals surface area contributed by atoms with Crippen molar-refractivity contribution in [2.45, 2.75) is 52.4 Å². The fraction of sp³-hybridized carbons (Fsp3) is 0.500. The van der Waals surface area contributed by atoms with Crippen molar-refractivity contribution in [1.82, 2.24) is 10.2 Å². The number of hydrogen-bond acceptors (Lipinski definition) is 5. The van der Waals surface area contributed by atoms with Gasteiger partial charge in [-0.3, -0.25) is 9.59 Å². The predicted molar refractivity (Wildman–Crippen MR) is 108 cm³/mol. The number of nitrogens with one attached hydrogen (secondary N) is 1. The maximum atomic E-state index is 12.6. The number of carbonyl (C=O) groups excluding carboxylic acids is 2. The van der Waals surface area contributed by atoms with E-state index >= 15 is 0 Å². The molecule has 0 radical (unpaired) electrons. The molecule has 0 unspecified atom stereocenters. The third-order valence-electron chi connectivity index (χ3n) is 4.97. The normalized spacial score (nSPS) is 18.0. The molecule has 0 saturated carbocycles. The number of nitrogens with zero attached hydrogens (tertiary/aromatic N) is 3. The van der Waals surface area contributed by atoms with E-state index in [-0.39, 0.29) is 24.2 Å². The Morgan fingerprint density at radius 2 is 2.04 bits per heavy atom. The highest BCUT2D eigenvalue weighted by Crippen LogP contribution is 2.29. The molecule has 0 bridgehead atoms. The molecule has 2 aromatic rings. The number of anilines is 2. The van der Waals surface area contributed by atoms with Crippen LogP contribution in [0.5, 0.6) is 0 Å². The van der Waals surface area contributed by atoms with Crippen LogP contribution in [0.25, 0.3) is 0 Å². The largest absolute Gasteiger partial charge is 0.312 e. The molecule has 1 saturated heterocycles. The summed E-state index contributed by atoms with van der Waals surface area (Å²) in [6.07, 6.45) is 3.31. The van der Waals surface area contributed by atoms with Crippen molar-refractivity contribution < 1.29 is 9.59 Å². The molecule has 1 aliphatic heterocycles. The van der Waals surface area contributed by atoms with Crippen LogP contribution in [-0.2, 0) is 16.0 Å². The van der Waals surface area contributed by atoms with E-state index in [1.807, 2.05) is 24.3 Å². The predicted octanol–water partition coefficient (Wildman–Crippen LogP) is 4.00. The van der Waals surface area contributed by atoms with Gasteiger partial charge in [0.05, 0.1) is 5.92 Å². The quantitative estimate of drug-likeness (QED) is 0.780. The molecule has 1 aliphatic rings. The zero-order valence-corrected chi connectivity index (χ0v) is 16.9. The standard InChI is InChI=1S/C20H26N4O2S/c1-4-6-13(3)19-22-23-20(27-19)21-18(26)15-11-17(25)24(12-15)16-9-7-14(5-2)8-10-16/h7-10,13,15H,4-6,11-12H2,1-3H3,(H,21,23,26)/t13-,15+/m0/s1. The van der Waals surface area contributed by atoms with E-state index in [0.29, 0.717) is 17.6 Å². The average Bonchev–Trinajstić information content (AvgIpc) is 3.29. The third-order valence-corrected chi connectivity index (χ3v) is 6.04. The lowest BCUT2D eigenvalue weighted by atomic mass is 10.1. The van der Waals surface area contributed by atoms with E-state index in [2.05, 4.69) is 36.3 Å². The van der Waals surface area contributed by atoms with E-state index in [0.717, 1.165) is 30.0 Å². The Morgan fingerprint density at radius 1 is 1.30 bits per heavy atom. The minimum atomic E-state index is -0.372. The minimum Gasteiger partial charge on any atom is -0.312 e. The van der Waals surface area contributed by atoms with Crippen molar-refractivity contribution >= 4 is 34.0 Å².